The van der Waals surface area contributed by atoms with Crippen LogP contribution in [-0.2, 0) is 12.4 Å². The molecule has 25 heavy (non-hydrogen) atoms. The van der Waals surface area contributed by atoms with Crippen LogP contribution in [0.15, 0.2) is 18.2 Å². The maximum absolute atomic E-state index is 12.8. The van der Waals surface area contributed by atoms with Gasteiger partial charge in [0.25, 0.3) is 0 Å². The van der Waals surface area contributed by atoms with Crippen molar-refractivity contribution < 1.29 is 31.4 Å². The van der Waals surface area contributed by atoms with E-state index < -0.39 is 35.3 Å². The zero-order valence-corrected chi connectivity index (χ0v) is 13.3. The van der Waals surface area contributed by atoms with Crippen LogP contribution >= 0.6 is 0 Å². The van der Waals surface area contributed by atoms with Gasteiger partial charge in [-0.15, -0.1) is 0 Å². The number of aliphatic hydroxyl groups excluding tert-OH is 1. The highest BCUT2D eigenvalue weighted by molar-refractivity contribution is 5.34. The second kappa shape index (κ2) is 7.51. The molecule has 0 saturated heterocycles. The van der Waals surface area contributed by atoms with Crippen molar-refractivity contribution in [1.82, 2.24) is 5.32 Å². The van der Waals surface area contributed by atoms with Gasteiger partial charge in [-0.2, -0.15) is 26.3 Å². The molecule has 0 spiro atoms. The van der Waals surface area contributed by atoms with Gasteiger partial charge in [-0.05, 0) is 55.4 Å². The second-order valence-electron chi connectivity index (χ2n) is 6.43. The highest BCUT2D eigenvalue weighted by Gasteiger charge is 2.37. The maximum atomic E-state index is 12.8. The summed E-state index contributed by atoms with van der Waals surface area (Å²) in [5.74, 6) is 0.183. The summed E-state index contributed by atoms with van der Waals surface area (Å²) in [4.78, 5) is 0. The molecular formula is C16H20F6N2O. The number of nitrogens with one attached hydrogen (secondary N) is 1. The van der Waals surface area contributed by atoms with E-state index in [1.807, 2.05) is 0 Å². The molecule has 0 heterocycles. The fourth-order valence-electron chi connectivity index (χ4n) is 2.93. The van der Waals surface area contributed by atoms with Gasteiger partial charge >= 0.3 is 12.4 Å². The molecule has 1 saturated carbocycles. The van der Waals surface area contributed by atoms with E-state index in [0.29, 0.717) is 18.7 Å². The van der Waals surface area contributed by atoms with Gasteiger partial charge in [0.1, 0.15) is 6.23 Å². The van der Waals surface area contributed by atoms with E-state index in [1.54, 1.807) is 0 Å². The number of nitrogens with two attached hydrogens (primary N) is 1. The fourth-order valence-corrected chi connectivity index (χ4v) is 2.93. The fraction of sp³-hybridized carbons (Fsp3) is 0.625. The summed E-state index contributed by atoms with van der Waals surface area (Å²) in [6.07, 6.45) is -8.26. The van der Waals surface area contributed by atoms with Crippen molar-refractivity contribution in [3.05, 3.63) is 34.9 Å². The van der Waals surface area contributed by atoms with Crippen molar-refractivity contribution in [3.8, 4) is 0 Å². The third kappa shape index (κ3) is 5.58. The lowest BCUT2D eigenvalue weighted by Crippen LogP contribution is -2.33. The van der Waals surface area contributed by atoms with E-state index in [9.17, 15) is 31.4 Å². The van der Waals surface area contributed by atoms with Crippen LogP contribution in [0.1, 0.15) is 48.6 Å². The van der Waals surface area contributed by atoms with E-state index >= 15 is 0 Å². The summed E-state index contributed by atoms with van der Waals surface area (Å²) in [7, 11) is 0. The molecule has 9 heteroatoms. The molecule has 142 valence electrons. The van der Waals surface area contributed by atoms with Crippen LogP contribution in [-0.4, -0.2) is 17.7 Å². The van der Waals surface area contributed by atoms with Crippen LogP contribution < -0.4 is 11.1 Å². The van der Waals surface area contributed by atoms with Crippen LogP contribution in [0.4, 0.5) is 26.3 Å². The second-order valence-corrected chi connectivity index (χ2v) is 6.43. The Morgan fingerprint density at radius 2 is 1.44 bits per heavy atom. The predicted molar refractivity (Wildman–Crippen MR) is 79.3 cm³/mol. The molecule has 1 aliphatic carbocycles. The minimum Gasteiger partial charge on any atom is -0.374 e. The Hall–Kier alpha value is -1.32. The molecule has 1 aromatic rings. The Kier molecular flexibility index (Phi) is 6.01. The summed E-state index contributed by atoms with van der Waals surface area (Å²) in [6, 6.07) is 1.23. The topological polar surface area (TPSA) is 58.3 Å². The average Bonchev–Trinajstić information content (AvgIpc) is 2.52. The quantitative estimate of drug-likeness (QED) is 0.558. The van der Waals surface area contributed by atoms with E-state index in [2.05, 4.69) is 5.32 Å². The molecule has 3 nitrogen and oxygen atoms in total. The molecule has 0 aliphatic heterocycles. The van der Waals surface area contributed by atoms with E-state index in [1.165, 1.54) is 0 Å². The largest absolute Gasteiger partial charge is 0.416 e. The summed E-state index contributed by atoms with van der Waals surface area (Å²) >= 11 is 0. The van der Waals surface area contributed by atoms with Gasteiger partial charge in [0.15, 0.2) is 0 Å². The van der Waals surface area contributed by atoms with Crippen molar-refractivity contribution >= 4 is 0 Å². The van der Waals surface area contributed by atoms with Gasteiger partial charge in [0, 0.05) is 12.6 Å². The first-order chi connectivity index (χ1) is 11.5. The lowest BCUT2D eigenvalue weighted by Gasteiger charge is -2.27. The molecule has 4 N–H and O–H groups in total. The van der Waals surface area contributed by atoms with Gasteiger partial charge in [-0.3, -0.25) is 5.32 Å². The third-order valence-corrected chi connectivity index (χ3v) is 4.42. The van der Waals surface area contributed by atoms with Crippen LogP contribution in [0.3, 0.4) is 0 Å². The number of halogens is 6. The van der Waals surface area contributed by atoms with Crippen molar-refractivity contribution in [3.63, 3.8) is 0 Å². The Morgan fingerprint density at radius 3 is 1.88 bits per heavy atom. The summed E-state index contributed by atoms with van der Waals surface area (Å²) in [6.45, 7) is 0.297. The standard InChI is InChI=1S/C16H20F6N2O/c17-15(18,19)11-5-10(6-12(7-11)16(20,21)22)14(25)24-8-9-1-3-13(23)4-2-9/h5-7,9,13-14,24-25H,1-4,8,23H2. The Balaban J connectivity index is 2.13. The minimum absolute atomic E-state index is 0.0404. The van der Waals surface area contributed by atoms with Crippen LogP contribution in [0.25, 0.3) is 0 Å². The molecule has 0 amide bonds. The highest BCUT2D eigenvalue weighted by atomic mass is 19.4. The number of hydrogen-bond donors (Lipinski definition) is 3. The van der Waals surface area contributed by atoms with Gasteiger partial charge < -0.3 is 10.8 Å². The number of alkyl halides is 6. The highest BCUT2D eigenvalue weighted by Crippen LogP contribution is 2.37. The number of aliphatic hydroxyl groups is 1. The lowest BCUT2D eigenvalue weighted by atomic mass is 9.86. The zero-order chi connectivity index (χ0) is 18.8. The van der Waals surface area contributed by atoms with E-state index in [0.717, 1.165) is 25.7 Å². The van der Waals surface area contributed by atoms with Crippen LogP contribution in [0.2, 0.25) is 0 Å². The Bertz CT molecular complexity index is 547. The lowest BCUT2D eigenvalue weighted by molar-refractivity contribution is -0.143. The third-order valence-electron chi connectivity index (χ3n) is 4.42. The predicted octanol–water partition coefficient (Wildman–Crippen LogP) is 3.82. The number of rotatable bonds is 4. The molecule has 0 aromatic heterocycles. The maximum Gasteiger partial charge on any atom is 0.416 e. The molecule has 1 fully saturated rings. The summed E-state index contributed by atoms with van der Waals surface area (Å²) < 4.78 is 77.0. The Labute approximate surface area is 141 Å². The molecule has 1 unspecified atom stereocenters. The van der Waals surface area contributed by atoms with Crippen LogP contribution in [0, 0.1) is 5.92 Å². The average molecular weight is 370 g/mol. The molecule has 1 aliphatic rings. The number of hydrogen-bond acceptors (Lipinski definition) is 3. The Morgan fingerprint density at radius 1 is 0.960 bits per heavy atom. The minimum atomic E-state index is -4.94. The normalized spacial score (nSPS) is 23.5. The van der Waals surface area contributed by atoms with Gasteiger partial charge in [-0.25, -0.2) is 0 Å². The SMILES string of the molecule is NC1CCC(CNC(O)c2cc(C(F)(F)F)cc(C(F)(F)F)c2)CC1. The summed E-state index contributed by atoms with van der Waals surface area (Å²) in [5, 5.41) is 12.6. The van der Waals surface area contributed by atoms with Gasteiger partial charge in [-0.1, -0.05) is 0 Å². The smallest absolute Gasteiger partial charge is 0.374 e. The zero-order valence-electron chi connectivity index (χ0n) is 13.3. The van der Waals surface area contributed by atoms with Crippen molar-refractivity contribution in [2.45, 2.75) is 50.3 Å². The molecular weight excluding hydrogens is 350 g/mol. The van der Waals surface area contributed by atoms with Gasteiger partial charge in [0.05, 0.1) is 11.1 Å². The van der Waals surface area contributed by atoms with Crippen molar-refractivity contribution in [2.75, 3.05) is 6.54 Å². The van der Waals surface area contributed by atoms with Gasteiger partial charge in [0.2, 0.25) is 0 Å². The first-order valence-electron chi connectivity index (χ1n) is 7.93. The first kappa shape index (κ1) is 20.0. The van der Waals surface area contributed by atoms with Crippen LogP contribution in [0.5, 0.6) is 0 Å². The van der Waals surface area contributed by atoms with Crippen molar-refractivity contribution in [1.29, 1.82) is 0 Å². The first-order valence-corrected chi connectivity index (χ1v) is 7.93. The van der Waals surface area contributed by atoms with E-state index in [4.69, 9.17) is 5.73 Å². The molecule has 0 bridgehead atoms. The monoisotopic (exact) mass is 370 g/mol. The molecule has 0 radical (unpaired) electrons. The molecule has 2 rings (SSSR count). The van der Waals surface area contributed by atoms with Crippen molar-refractivity contribution in [2.24, 2.45) is 11.7 Å². The summed E-state index contributed by atoms with van der Waals surface area (Å²) in [5.41, 5.74) is 2.43. The number of benzene rings is 1. The molecule has 1 atom stereocenters. The molecule has 1 aromatic carbocycles. The van der Waals surface area contributed by atoms with E-state index in [-0.39, 0.29) is 18.0 Å².